The Balaban J connectivity index is 2.02. The molecule has 98 valence electrons. The first-order valence-corrected chi connectivity index (χ1v) is 7.38. The minimum atomic E-state index is -3.46. The molecule has 20 heavy (non-hydrogen) atoms. The van der Waals surface area contributed by atoms with Gasteiger partial charge in [-0.2, -0.15) is 5.21 Å². The zero-order valence-corrected chi connectivity index (χ0v) is 10.9. The summed E-state index contributed by atoms with van der Waals surface area (Å²) >= 11 is 0. The molecule has 3 aromatic rings. The van der Waals surface area contributed by atoms with E-state index in [1.165, 1.54) is 0 Å². The van der Waals surface area contributed by atoms with E-state index in [9.17, 15) is 8.42 Å². The number of nitrogens with one attached hydrogen (secondary N) is 1. The molecule has 1 N–H and O–H groups in total. The number of benzene rings is 2. The molecule has 0 spiro atoms. The Morgan fingerprint density at radius 1 is 0.950 bits per heavy atom. The van der Waals surface area contributed by atoms with Crippen LogP contribution in [0.5, 0.6) is 0 Å². The average Bonchev–Trinajstić information content (AvgIpc) is 3.07. The lowest BCUT2D eigenvalue weighted by molar-refractivity contribution is 0.598. The van der Waals surface area contributed by atoms with Crippen LogP contribution >= 0.6 is 0 Å². The molecule has 0 aliphatic carbocycles. The normalized spacial score (nSPS) is 14.8. The minimum absolute atomic E-state index is 0.293. The van der Waals surface area contributed by atoms with Crippen LogP contribution in [0.4, 0.5) is 0 Å². The van der Waals surface area contributed by atoms with Crippen molar-refractivity contribution in [2.75, 3.05) is 0 Å². The smallest absolute Gasteiger partial charge is 0.207 e. The van der Waals surface area contributed by atoms with Crippen molar-refractivity contribution in [2.24, 2.45) is 0 Å². The van der Waals surface area contributed by atoms with Gasteiger partial charge in [-0.05, 0) is 17.3 Å². The molecule has 7 heteroatoms. The van der Waals surface area contributed by atoms with Gasteiger partial charge in [0.25, 0.3) is 0 Å². The van der Waals surface area contributed by atoms with Gasteiger partial charge in [0.15, 0.2) is 0 Å². The van der Waals surface area contributed by atoms with Crippen LogP contribution in [0.25, 0.3) is 22.5 Å². The molecule has 0 bridgehead atoms. The van der Waals surface area contributed by atoms with Crippen LogP contribution in [0, 0.1) is 0 Å². The molecule has 0 radical (unpaired) electrons. The molecule has 0 fully saturated rings. The summed E-state index contributed by atoms with van der Waals surface area (Å²) in [5, 5.41) is 13.6. The van der Waals surface area contributed by atoms with E-state index in [4.69, 9.17) is 0 Å². The van der Waals surface area contributed by atoms with Gasteiger partial charge in [-0.3, -0.25) is 0 Å². The lowest BCUT2D eigenvalue weighted by Gasteiger charge is -2.00. The fraction of sp³-hybridized carbons (Fsp3) is 0. The second-order valence-electron chi connectivity index (χ2n) is 4.45. The highest BCUT2D eigenvalue weighted by Crippen LogP contribution is 2.43. The number of aromatic nitrogens is 4. The summed E-state index contributed by atoms with van der Waals surface area (Å²) in [6.07, 6.45) is 0. The Labute approximate surface area is 114 Å². The number of tetrazole rings is 1. The van der Waals surface area contributed by atoms with Crippen molar-refractivity contribution in [1.82, 2.24) is 20.6 Å². The number of hydrogen-bond donors (Lipinski definition) is 1. The molecule has 0 amide bonds. The van der Waals surface area contributed by atoms with Crippen molar-refractivity contribution in [3.05, 3.63) is 42.5 Å². The van der Waals surface area contributed by atoms with Gasteiger partial charge < -0.3 is 0 Å². The third-order valence-corrected chi connectivity index (χ3v) is 5.19. The number of H-pyrrole nitrogens is 1. The molecule has 0 unspecified atom stereocenters. The fourth-order valence-electron chi connectivity index (χ4n) is 2.43. The minimum Gasteiger partial charge on any atom is -0.218 e. The third-order valence-electron chi connectivity index (χ3n) is 3.34. The summed E-state index contributed by atoms with van der Waals surface area (Å²) in [6.45, 7) is 0. The molecule has 0 saturated heterocycles. The van der Waals surface area contributed by atoms with Crippen molar-refractivity contribution in [1.29, 1.82) is 0 Å². The molecule has 2 aromatic carbocycles. The summed E-state index contributed by atoms with van der Waals surface area (Å²) in [4.78, 5) is 0.640. The molecule has 2 heterocycles. The highest BCUT2D eigenvalue weighted by Gasteiger charge is 2.32. The standard InChI is InChI=1S/C13H8N4O2S/c18-20(19)11-4-2-1-3-9(11)10-6-5-8(7-12(10)20)13-14-16-17-15-13/h1-7H,(H,14,15,16,17). The van der Waals surface area contributed by atoms with E-state index in [2.05, 4.69) is 20.6 Å². The van der Waals surface area contributed by atoms with Gasteiger partial charge in [-0.25, -0.2) is 8.42 Å². The first-order chi connectivity index (χ1) is 9.68. The van der Waals surface area contributed by atoms with Gasteiger partial charge in [0.05, 0.1) is 9.79 Å². The Hall–Kier alpha value is -2.54. The lowest BCUT2D eigenvalue weighted by atomic mass is 10.0. The Morgan fingerprint density at radius 2 is 1.75 bits per heavy atom. The summed E-state index contributed by atoms with van der Waals surface area (Å²) < 4.78 is 25.1. The molecule has 0 saturated carbocycles. The monoisotopic (exact) mass is 284 g/mol. The van der Waals surface area contributed by atoms with Crippen LogP contribution in [0.3, 0.4) is 0 Å². The van der Waals surface area contributed by atoms with Gasteiger partial charge in [0.1, 0.15) is 0 Å². The molecule has 6 nitrogen and oxygen atoms in total. The van der Waals surface area contributed by atoms with Crippen molar-refractivity contribution in [3.8, 4) is 22.5 Å². The average molecular weight is 284 g/mol. The predicted molar refractivity (Wildman–Crippen MR) is 70.5 cm³/mol. The second-order valence-corrected chi connectivity index (χ2v) is 6.33. The van der Waals surface area contributed by atoms with Crippen LogP contribution in [0.15, 0.2) is 52.3 Å². The molecular weight excluding hydrogens is 276 g/mol. The number of nitrogens with zero attached hydrogens (tertiary/aromatic N) is 3. The summed E-state index contributed by atoms with van der Waals surface area (Å²) in [5.41, 5.74) is 2.07. The van der Waals surface area contributed by atoms with E-state index in [-0.39, 0.29) is 0 Å². The molecule has 1 aliphatic rings. The van der Waals surface area contributed by atoms with Gasteiger partial charge in [-0.1, -0.05) is 30.3 Å². The van der Waals surface area contributed by atoms with Crippen LogP contribution in [-0.2, 0) is 9.84 Å². The van der Waals surface area contributed by atoms with Crippen molar-refractivity contribution in [3.63, 3.8) is 0 Å². The molecule has 1 aliphatic heterocycles. The molecule has 1 aromatic heterocycles. The largest absolute Gasteiger partial charge is 0.218 e. The zero-order chi connectivity index (χ0) is 13.7. The number of fused-ring (bicyclic) bond motifs is 3. The number of hydrogen-bond acceptors (Lipinski definition) is 5. The van der Waals surface area contributed by atoms with Crippen molar-refractivity contribution in [2.45, 2.75) is 9.79 Å². The number of sulfone groups is 1. The van der Waals surface area contributed by atoms with Crippen molar-refractivity contribution < 1.29 is 8.42 Å². The maximum atomic E-state index is 12.5. The summed E-state index contributed by atoms with van der Waals surface area (Å²) in [5.74, 6) is 0.374. The van der Waals surface area contributed by atoms with Gasteiger partial charge in [0.2, 0.25) is 15.7 Å². The first-order valence-electron chi connectivity index (χ1n) is 5.90. The Bertz CT molecular complexity index is 917. The van der Waals surface area contributed by atoms with Crippen LogP contribution in [-0.4, -0.2) is 29.0 Å². The lowest BCUT2D eigenvalue weighted by Crippen LogP contribution is -1.96. The SMILES string of the molecule is O=S1(=O)c2ccccc2-c2ccc(-c3nn[nH]n3)cc21. The topological polar surface area (TPSA) is 88.6 Å². The van der Waals surface area contributed by atoms with Crippen LogP contribution in [0.1, 0.15) is 0 Å². The number of aromatic amines is 1. The van der Waals surface area contributed by atoms with E-state index >= 15 is 0 Å². The van der Waals surface area contributed by atoms with E-state index in [0.717, 1.165) is 5.56 Å². The van der Waals surface area contributed by atoms with Gasteiger partial charge >= 0.3 is 0 Å². The van der Waals surface area contributed by atoms with E-state index in [1.54, 1.807) is 30.3 Å². The maximum absolute atomic E-state index is 12.5. The van der Waals surface area contributed by atoms with Crippen molar-refractivity contribution >= 4 is 9.84 Å². The second kappa shape index (κ2) is 3.73. The predicted octanol–water partition coefficient (Wildman–Crippen LogP) is 1.68. The van der Waals surface area contributed by atoms with E-state index in [1.807, 2.05) is 12.1 Å². The quantitative estimate of drug-likeness (QED) is 0.574. The molecular formula is C13H8N4O2S. The fourth-order valence-corrected chi connectivity index (χ4v) is 4.14. The van der Waals surface area contributed by atoms with Gasteiger partial charge in [-0.15, -0.1) is 10.2 Å². The highest BCUT2D eigenvalue weighted by molar-refractivity contribution is 7.92. The van der Waals surface area contributed by atoms with E-state index in [0.29, 0.717) is 26.7 Å². The highest BCUT2D eigenvalue weighted by atomic mass is 32.2. The molecule has 0 atom stereocenters. The summed E-state index contributed by atoms with van der Waals surface area (Å²) in [6, 6.07) is 12.2. The molecule has 4 rings (SSSR count). The van der Waals surface area contributed by atoms with Crippen LogP contribution in [0.2, 0.25) is 0 Å². The Kier molecular flexibility index (Phi) is 2.11. The number of rotatable bonds is 1. The zero-order valence-electron chi connectivity index (χ0n) is 10.1. The van der Waals surface area contributed by atoms with E-state index < -0.39 is 9.84 Å². The van der Waals surface area contributed by atoms with Crippen LogP contribution < -0.4 is 0 Å². The third kappa shape index (κ3) is 1.38. The first kappa shape index (κ1) is 11.3. The maximum Gasteiger partial charge on any atom is 0.207 e. The summed E-state index contributed by atoms with van der Waals surface area (Å²) in [7, 11) is -3.46. The Morgan fingerprint density at radius 3 is 2.55 bits per heavy atom. The van der Waals surface area contributed by atoms with Gasteiger partial charge in [0, 0.05) is 16.7 Å².